The van der Waals surface area contributed by atoms with Crippen LogP contribution in [0.2, 0.25) is 0 Å². The van der Waals surface area contributed by atoms with E-state index in [2.05, 4.69) is 31.0 Å². The number of likely N-dealkylation sites (tertiary alicyclic amines) is 1. The molecule has 19 heavy (non-hydrogen) atoms. The van der Waals surface area contributed by atoms with E-state index in [1.165, 1.54) is 38.8 Å². The van der Waals surface area contributed by atoms with Crippen LogP contribution in [0.5, 0.6) is 0 Å². The molecule has 1 rings (SSSR count). The number of hydrogen-bond donors (Lipinski definition) is 1. The summed E-state index contributed by atoms with van der Waals surface area (Å²) in [6.07, 6.45) is 5.32. The molecule has 0 aliphatic carbocycles. The molecule has 1 heterocycles. The van der Waals surface area contributed by atoms with Crippen LogP contribution in [0.3, 0.4) is 0 Å². The molecule has 0 aromatic carbocycles. The average molecular weight is 270 g/mol. The van der Waals surface area contributed by atoms with Crippen molar-refractivity contribution < 1.29 is 4.74 Å². The number of hydrogen-bond acceptors (Lipinski definition) is 3. The minimum atomic E-state index is 0.487. The van der Waals surface area contributed by atoms with Gasteiger partial charge in [-0.3, -0.25) is 0 Å². The van der Waals surface area contributed by atoms with Crippen LogP contribution in [0.4, 0.5) is 0 Å². The number of rotatable bonds is 8. The fraction of sp³-hybridized carbons (Fsp3) is 1.00. The lowest BCUT2D eigenvalue weighted by molar-refractivity contribution is 0.138. The largest absolute Gasteiger partial charge is 0.383 e. The Kier molecular flexibility index (Phi) is 8.67. The van der Waals surface area contributed by atoms with E-state index in [0.717, 1.165) is 31.5 Å². The van der Waals surface area contributed by atoms with Gasteiger partial charge >= 0.3 is 0 Å². The van der Waals surface area contributed by atoms with Crippen molar-refractivity contribution in [3.05, 3.63) is 0 Å². The SMILES string of the molecule is CCCNC(COC)CN1CCCC(C(C)C)CC1. The molecule has 0 saturated carbocycles. The number of methoxy groups -OCH3 is 1. The smallest absolute Gasteiger partial charge is 0.0628 e. The highest BCUT2D eigenvalue weighted by molar-refractivity contribution is 4.77. The third kappa shape index (κ3) is 6.73. The Labute approximate surface area is 120 Å². The summed E-state index contributed by atoms with van der Waals surface area (Å²) in [7, 11) is 1.80. The molecule has 0 radical (unpaired) electrons. The van der Waals surface area contributed by atoms with Crippen LogP contribution in [0.1, 0.15) is 46.5 Å². The van der Waals surface area contributed by atoms with Gasteiger partial charge in [-0.2, -0.15) is 0 Å². The Bertz CT molecular complexity index is 221. The Morgan fingerprint density at radius 1 is 1.26 bits per heavy atom. The summed E-state index contributed by atoms with van der Waals surface area (Å²) in [4.78, 5) is 2.63. The summed E-state index contributed by atoms with van der Waals surface area (Å²) in [6.45, 7) is 12.5. The minimum Gasteiger partial charge on any atom is -0.383 e. The van der Waals surface area contributed by atoms with Crippen LogP contribution < -0.4 is 5.32 Å². The molecule has 114 valence electrons. The van der Waals surface area contributed by atoms with Crippen LogP contribution in [0, 0.1) is 11.8 Å². The van der Waals surface area contributed by atoms with Crippen molar-refractivity contribution >= 4 is 0 Å². The van der Waals surface area contributed by atoms with Crippen molar-refractivity contribution in [3.63, 3.8) is 0 Å². The fourth-order valence-electron chi connectivity index (χ4n) is 3.07. The first-order valence-electron chi connectivity index (χ1n) is 8.12. The lowest BCUT2D eigenvalue weighted by Crippen LogP contribution is -2.44. The highest BCUT2D eigenvalue weighted by atomic mass is 16.5. The molecule has 0 bridgehead atoms. The van der Waals surface area contributed by atoms with Gasteiger partial charge in [-0.15, -0.1) is 0 Å². The molecule has 2 atom stereocenters. The number of ether oxygens (including phenoxy) is 1. The Morgan fingerprint density at radius 2 is 2.05 bits per heavy atom. The molecule has 3 nitrogen and oxygen atoms in total. The zero-order valence-electron chi connectivity index (χ0n) is 13.5. The van der Waals surface area contributed by atoms with Crippen molar-refractivity contribution in [1.82, 2.24) is 10.2 Å². The van der Waals surface area contributed by atoms with Gasteiger partial charge in [-0.05, 0) is 57.2 Å². The number of nitrogens with zero attached hydrogens (tertiary/aromatic N) is 1. The lowest BCUT2D eigenvalue weighted by Gasteiger charge is -2.27. The standard InChI is InChI=1S/C16H34N2O/c1-5-9-17-16(13-19-4)12-18-10-6-7-15(8-11-18)14(2)3/h14-17H,5-13H2,1-4H3. The summed E-state index contributed by atoms with van der Waals surface area (Å²) in [6, 6.07) is 0.487. The molecule has 0 amide bonds. The molecule has 1 aliphatic heterocycles. The Morgan fingerprint density at radius 3 is 2.68 bits per heavy atom. The monoisotopic (exact) mass is 270 g/mol. The zero-order chi connectivity index (χ0) is 14.1. The van der Waals surface area contributed by atoms with Crippen molar-refractivity contribution in [2.75, 3.05) is 39.9 Å². The molecule has 2 unspecified atom stereocenters. The van der Waals surface area contributed by atoms with Crippen LogP contribution in [-0.2, 0) is 4.74 Å². The molecule has 1 aliphatic rings. The maximum Gasteiger partial charge on any atom is 0.0628 e. The molecule has 0 spiro atoms. The molecule has 3 heteroatoms. The van der Waals surface area contributed by atoms with E-state index < -0.39 is 0 Å². The maximum atomic E-state index is 5.34. The first-order chi connectivity index (χ1) is 9.17. The predicted octanol–water partition coefficient (Wildman–Crippen LogP) is 2.76. The molecular formula is C16H34N2O. The van der Waals surface area contributed by atoms with Crippen LogP contribution in [0.15, 0.2) is 0 Å². The van der Waals surface area contributed by atoms with E-state index in [4.69, 9.17) is 4.74 Å². The minimum absolute atomic E-state index is 0.487. The highest BCUT2D eigenvalue weighted by Gasteiger charge is 2.21. The third-order valence-corrected chi connectivity index (χ3v) is 4.34. The summed E-state index contributed by atoms with van der Waals surface area (Å²) in [5.74, 6) is 1.77. The van der Waals surface area contributed by atoms with Gasteiger partial charge < -0.3 is 15.0 Å². The summed E-state index contributed by atoms with van der Waals surface area (Å²) < 4.78 is 5.34. The first-order valence-corrected chi connectivity index (χ1v) is 8.12. The first kappa shape index (κ1) is 16.9. The second-order valence-corrected chi connectivity index (χ2v) is 6.34. The fourth-order valence-corrected chi connectivity index (χ4v) is 3.07. The van der Waals surface area contributed by atoms with Gasteiger partial charge in [0.15, 0.2) is 0 Å². The quantitative estimate of drug-likeness (QED) is 0.734. The van der Waals surface area contributed by atoms with Crippen molar-refractivity contribution in [1.29, 1.82) is 0 Å². The second kappa shape index (κ2) is 9.73. The van der Waals surface area contributed by atoms with Crippen LogP contribution in [-0.4, -0.2) is 50.8 Å². The summed E-state index contributed by atoms with van der Waals surface area (Å²) in [5.41, 5.74) is 0. The zero-order valence-corrected chi connectivity index (χ0v) is 13.5. The van der Waals surface area contributed by atoms with Crippen LogP contribution >= 0.6 is 0 Å². The normalized spacial score (nSPS) is 23.5. The van der Waals surface area contributed by atoms with E-state index in [-0.39, 0.29) is 0 Å². The van der Waals surface area contributed by atoms with Gasteiger partial charge in [-0.1, -0.05) is 20.8 Å². The maximum absolute atomic E-state index is 5.34. The van der Waals surface area contributed by atoms with E-state index >= 15 is 0 Å². The van der Waals surface area contributed by atoms with Gasteiger partial charge in [0.05, 0.1) is 6.61 Å². The lowest BCUT2D eigenvalue weighted by atomic mass is 9.89. The van der Waals surface area contributed by atoms with Crippen molar-refractivity contribution in [2.24, 2.45) is 11.8 Å². The van der Waals surface area contributed by atoms with Gasteiger partial charge in [0.1, 0.15) is 0 Å². The Hall–Kier alpha value is -0.120. The van der Waals surface area contributed by atoms with E-state index in [1.54, 1.807) is 7.11 Å². The molecule has 1 saturated heterocycles. The second-order valence-electron chi connectivity index (χ2n) is 6.34. The van der Waals surface area contributed by atoms with Crippen molar-refractivity contribution in [3.8, 4) is 0 Å². The van der Waals surface area contributed by atoms with E-state index in [9.17, 15) is 0 Å². The van der Waals surface area contributed by atoms with Gasteiger partial charge in [0, 0.05) is 19.7 Å². The van der Waals surface area contributed by atoms with E-state index in [0.29, 0.717) is 6.04 Å². The number of nitrogens with one attached hydrogen (secondary N) is 1. The molecule has 1 N–H and O–H groups in total. The molecule has 1 fully saturated rings. The average Bonchev–Trinajstić information content (AvgIpc) is 2.62. The molecule has 0 aromatic rings. The highest BCUT2D eigenvalue weighted by Crippen LogP contribution is 2.24. The van der Waals surface area contributed by atoms with Crippen molar-refractivity contribution in [2.45, 2.75) is 52.5 Å². The van der Waals surface area contributed by atoms with Gasteiger partial charge in [0.25, 0.3) is 0 Å². The summed E-state index contributed by atoms with van der Waals surface area (Å²) >= 11 is 0. The molecular weight excluding hydrogens is 236 g/mol. The molecule has 0 aromatic heterocycles. The summed E-state index contributed by atoms with van der Waals surface area (Å²) in [5, 5.41) is 3.61. The predicted molar refractivity (Wildman–Crippen MR) is 82.6 cm³/mol. The van der Waals surface area contributed by atoms with Gasteiger partial charge in [0.2, 0.25) is 0 Å². The third-order valence-electron chi connectivity index (χ3n) is 4.34. The van der Waals surface area contributed by atoms with Gasteiger partial charge in [-0.25, -0.2) is 0 Å². The topological polar surface area (TPSA) is 24.5 Å². The van der Waals surface area contributed by atoms with Crippen LogP contribution in [0.25, 0.3) is 0 Å². The Balaban J connectivity index is 2.36. The van der Waals surface area contributed by atoms with E-state index in [1.807, 2.05) is 0 Å².